The van der Waals surface area contributed by atoms with Gasteiger partial charge in [-0.25, -0.2) is 0 Å². The monoisotopic (exact) mass is 189 g/mol. The van der Waals surface area contributed by atoms with Crippen LogP contribution in [0.15, 0.2) is 0 Å². The largest absolute Gasteiger partial charge is 0.480 e. The first-order valence-corrected chi connectivity index (χ1v) is 5.34. The zero-order valence-corrected chi connectivity index (χ0v) is 8.06. The summed E-state index contributed by atoms with van der Waals surface area (Å²) < 4.78 is 0. The summed E-state index contributed by atoms with van der Waals surface area (Å²) in [5.74, 6) is 1.01. The molecular formula is C8H15NO2S. The molecule has 0 aromatic carbocycles. The Balaban J connectivity index is 2.13. The summed E-state index contributed by atoms with van der Waals surface area (Å²) in [6.07, 6.45) is 0.722. The minimum Gasteiger partial charge on any atom is -0.480 e. The van der Waals surface area contributed by atoms with Crippen molar-refractivity contribution >= 4 is 17.7 Å². The summed E-state index contributed by atoms with van der Waals surface area (Å²) >= 11 is 1.57. The molecule has 1 atom stereocenters. The van der Waals surface area contributed by atoms with Gasteiger partial charge in [0.2, 0.25) is 0 Å². The van der Waals surface area contributed by atoms with Crippen molar-refractivity contribution in [3.63, 3.8) is 0 Å². The van der Waals surface area contributed by atoms with Gasteiger partial charge in [-0.2, -0.15) is 0 Å². The Morgan fingerprint density at radius 3 is 2.75 bits per heavy atom. The molecule has 2 N–H and O–H groups in total. The Morgan fingerprint density at radius 1 is 1.75 bits per heavy atom. The Bertz CT molecular complexity index is 159. The first-order chi connectivity index (χ1) is 5.74. The molecule has 3 nitrogen and oxygen atoms in total. The van der Waals surface area contributed by atoms with Crippen LogP contribution in [0.3, 0.4) is 0 Å². The summed E-state index contributed by atoms with van der Waals surface area (Å²) in [6, 6.07) is 0. The zero-order chi connectivity index (χ0) is 8.97. The van der Waals surface area contributed by atoms with Crippen LogP contribution in [-0.2, 0) is 4.79 Å². The van der Waals surface area contributed by atoms with Gasteiger partial charge in [0, 0.05) is 0 Å². The Kier molecular flexibility index (Phi) is 3.88. The van der Waals surface area contributed by atoms with Gasteiger partial charge in [-0.05, 0) is 31.2 Å². The van der Waals surface area contributed by atoms with Crippen LogP contribution in [0.1, 0.15) is 13.3 Å². The third-order valence-corrected chi connectivity index (χ3v) is 3.65. The maximum Gasteiger partial charge on any atom is 0.316 e. The molecule has 1 fully saturated rings. The van der Waals surface area contributed by atoms with Gasteiger partial charge in [0.25, 0.3) is 0 Å². The molecule has 1 heterocycles. The van der Waals surface area contributed by atoms with Crippen molar-refractivity contribution in [1.82, 2.24) is 5.32 Å². The van der Waals surface area contributed by atoms with E-state index in [9.17, 15) is 4.79 Å². The van der Waals surface area contributed by atoms with E-state index in [0.29, 0.717) is 5.92 Å². The maximum absolute atomic E-state index is 10.6. The summed E-state index contributed by atoms with van der Waals surface area (Å²) in [5.41, 5.74) is 0. The van der Waals surface area contributed by atoms with Gasteiger partial charge < -0.3 is 10.4 Å². The molecule has 1 aliphatic rings. The van der Waals surface area contributed by atoms with E-state index >= 15 is 0 Å². The number of thioether (sulfide) groups is 1. The smallest absolute Gasteiger partial charge is 0.316 e. The zero-order valence-electron chi connectivity index (χ0n) is 7.25. The van der Waals surface area contributed by atoms with E-state index in [1.165, 1.54) is 0 Å². The van der Waals surface area contributed by atoms with Crippen molar-refractivity contribution in [1.29, 1.82) is 0 Å². The van der Waals surface area contributed by atoms with Crippen LogP contribution in [0.5, 0.6) is 0 Å². The van der Waals surface area contributed by atoms with Crippen molar-refractivity contribution in [2.24, 2.45) is 5.92 Å². The van der Waals surface area contributed by atoms with Crippen LogP contribution in [0, 0.1) is 5.92 Å². The van der Waals surface area contributed by atoms with Gasteiger partial charge in [0.15, 0.2) is 0 Å². The third-order valence-electron chi connectivity index (χ3n) is 2.05. The normalized spacial score (nSPS) is 20.1. The molecule has 0 spiro atoms. The molecule has 0 aromatic heterocycles. The number of hydrogen-bond acceptors (Lipinski definition) is 3. The van der Waals surface area contributed by atoms with E-state index in [1.54, 1.807) is 11.8 Å². The molecule has 12 heavy (non-hydrogen) atoms. The van der Waals surface area contributed by atoms with E-state index in [2.05, 4.69) is 5.32 Å². The molecule has 0 aromatic rings. The highest BCUT2D eigenvalue weighted by Crippen LogP contribution is 2.19. The molecule has 1 rings (SSSR count). The standard InChI is InChI=1S/C8H15NO2S/c1-2-7(8(10)11)12-5-6-3-9-4-6/h6-7,9H,2-5H2,1H3,(H,10,11). The van der Waals surface area contributed by atoms with Crippen LogP contribution < -0.4 is 5.32 Å². The van der Waals surface area contributed by atoms with Gasteiger partial charge in [-0.3, -0.25) is 4.79 Å². The third kappa shape index (κ3) is 2.68. The average molecular weight is 189 g/mol. The topological polar surface area (TPSA) is 49.3 Å². The van der Waals surface area contributed by atoms with Gasteiger partial charge in [0.05, 0.1) is 0 Å². The Morgan fingerprint density at radius 2 is 2.42 bits per heavy atom. The molecule has 0 aliphatic carbocycles. The van der Waals surface area contributed by atoms with Crippen LogP contribution in [-0.4, -0.2) is 35.2 Å². The molecule has 0 radical (unpaired) electrons. The highest BCUT2D eigenvalue weighted by molar-refractivity contribution is 8.00. The Hall–Kier alpha value is -0.220. The van der Waals surface area contributed by atoms with Gasteiger partial charge in [-0.15, -0.1) is 11.8 Å². The van der Waals surface area contributed by atoms with Crippen molar-refractivity contribution in [2.45, 2.75) is 18.6 Å². The molecule has 0 amide bonds. The van der Waals surface area contributed by atoms with E-state index in [1.807, 2.05) is 6.92 Å². The summed E-state index contributed by atoms with van der Waals surface area (Å²) in [7, 11) is 0. The molecule has 0 bridgehead atoms. The van der Waals surface area contributed by atoms with Crippen LogP contribution in [0.2, 0.25) is 0 Å². The van der Waals surface area contributed by atoms with Crippen molar-refractivity contribution in [3.05, 3.63) is 0 Å². The fourth-order valence-electron chi connectivity index (χ4n) is 1.08. The minimum atomic E-state index is -0.671. The van der Waals surface area contributed by atoms with E-state index in [0.717, 1.165) is 25.3 Å². The maximum atomic E-state index is 10.6. The first-order valence-electron chi connectivity index (χ1n) is 4.29. The predicted molar refractivity (Wildman–Crippen MR) is 50.5 cm³/mol. The second-order valence-electron chi connectivity index (χ2n) is 3.09. The molecule has 0 saturated carbocycles. The van der Waals surface area contributed by atoms with Gasteiger partial charge in [0.1, 0.15) is 5.25 Å². The highest BCUT2D eigenvalue weighted by atomic mass is 32.2. The highest BCUT2D eigenvalue weighted by Gasteiger charge is 2.21. The number of nitrogens with one attached hydrogen (secondary N) is 1. The van der Waals surface area contributed by atoms with E-state index in [4.69, 9.17) is 5.11 Å². The lowest BCUT2D eigenvalue weighted by Gasteiger charge is -2.27. The number of carbonyl (C=O) groups is 1. The first kappa shape index (κ1) is 9.86. The van der Waals surface area contributed by atoms with Gasteiger partial charge >= 0.3 is 5.97 Å². The molecule has 70 valence electrons. The number of carboxylic acid groups (broad SMARTS) is 1. The molecular weight excluding hydrogens is 174 g/mol. The van der Waals surface area contributed by atoms with Gasteiger partial charge in [-0.1, -0.05) is 6.92 Å². The fourth-order valence-corrected chi connectivity index (χ4v) is 2.20. The quantitative estimate of drug-likeness (QED) is 0.671. The summed E-state index contributed by atoms with van der Waals surface area (Å²) in [5, 5.41) is 11.7. The SMILES string of the molecule is CCC(SCC1CNC1)C(=O)O. The molecule has 1 saturated heterocycles. The minimum absolute atomic E-state index is 0.203. The number of rotatable bonds is 5. The van der Waals surface area contributed by atoms with E-state index in [-0.39, 0.29) is 5.25 Å². The molecule has 4 heteroatoms. The summed E-state index contributed by atoms with van der Waals surface area (Å²) in [4.78, 5) is 10.6. The van der Waals surface area contributed by atoms with Crippen LogP contribution in [0.25, 0.3) is 0 Å². The number of carboxylic acids is 1. The van der Waals surface area contributed by atoms with Crippen LogP contribution in [0.4, 0.5) is 0 Å². The summed E-state index contributed by atoms with van der Waals surface area (Å²) in [6.45, 7) is 4.04. The predicted octanol–water partition coefficient (Wildman–Crippen LogP) is 0.802. The lowest BCUT2D eigenvalue weighted by molar-refractivity contribution is -0.136. The number of hydrogen-bond donors (Lipinski definition) is 2. The van der Waals surface area contributed by atoms with Crippen molar-refractivity contribution < 1.29 is 9.90 Å². The fraction of sp³-hybridized carbons (Fsp3) is 0.875. The lowest BCUT2D eigenvalue weighted by atomic mass is 10.1. The van der Waals surface area contributed by atoms with Crippen molar-refractivity contribution in [2.75, 3.05) is 18.8 Å². The van der Waals surface area contributed by atoms with Crippen molar-refractivity contribution in [3.8, 4) is 0 Å². The second-order valence-corrected chi connectivity index (χ2v) is 4.33. The lowest BCUT2D eigenvalue weighted by Crippen LogP contribution is -2.43. The Labute approximate surface area is 76.9 Å². The average Bonchev–Trinajstić information content (AvgIpc) is 1.93. The second kappa shape index (κ2) is 4.72. The van der Waals surface area contributed by atoms with E-state index < -0.39 is 5.97 Å². The molecule has 1 aliphatic heterocycles. The molecule has 1 unspecified atom stereocenters. The van der Waals surface area contributed by atoms with Crippen LogP contribution >= 0.6 is 11.8 Å². The number of aliphatic carboxylic acids is 1.